The van der Waals surface area contributed by atoms with Crippen molar-refractivity contribution >= 4 is 5.69 Å². The normalized spacial score (nSPS) is 16.9. The van der Waals surface area contributed by atoms with Crippen molar-refractivity contribution in [3.63, 3.8) is 0 Å². The maximum Gasteiger partial charge on any atom is 0.182 e. The quantitative estimate of drug-likeness (QED) is 0.868. The van der Waals surface area contributed by atoms with Crippen LogP contribution in [-0.2, 0) is 6.54 Å². The molecule has 1 heterocycles. The van der Waals surface area contributed by atoms with E-state index in [1.54, 1.807) is 0 Å². The fourth-order valence-electron chi connectivity index (χ4n) is 3.06. The van der Waals surface area contributed by atoms with Crippen molar-refractivity contribution in [2.24, 2.45) is 5.41 Å². The van der Waals surface area contributed by atoms with Gasteiger partial charge in [0, 0.05) is 11.3 Å². The highest BCUT2D eigenvalue weighted by atomic mass is 15.5. The maximum absolute atomic E-state index is 5.81. The number of tetrazole rings is 1. The van der Waals surface area contributed by atoms with Gasteiger partial charge in [0.1, 0.15) is 0 Å². The molecule has 106 valence electrons. The lowest BCUT2D eigenvalue weighted by atomic mass is 9.67. The first-order valence-electron chi connectivity index (χ1n) is 7.26. The smallest absolute Gasteiger partial charge is 0.182 e. The molecule has 0 radical (unpaired) electrons. The molecular weight excluding hydrogens is 250 g/mol. The molecule has 0 amide bonds. The summed E-state index contributed by atoms with van der Waals surface area (Å²) in [6.07, 6.45) is 5.08. The van der Waals surface area contributed by atoms with E-state index < -0.39 is 0 Å². The van der Waals surface area contributed by atoms with Crippen LogP contribution in [0.25, 0.3) is 11.4 Å². The van der Waals surface area contributed by atoms with Gasteiger partial charge in [0.05, 0.1) is 6.54 Å². The van der Waals surface area contributed by atoms with Gasteiger partial charge in [-0.3, -0.25) is 0 Å². The van der Waals surface area contributed by atoms with Crippen molar-refractivity contribution in [3.05, 3.63) is 23.8 Å². The molecule has 1 aliphatic carbocycles. The Morgan fingerprint density at radius 3 is 2.75 bits per heavy atom. The number of anilines is 1. The molecular formula is C15H21N5. The molecule has 1 aromatic heterocycles. The van der Waals surface area contributed by atoms with E-state index in [0.717, 1.165) is 29.2 Å². The van der Waals surface area contributed by atoms with Crippen molar-refractivity contribution in [1.82, 2.24) is 20.2 Å². The van der Waals surface area contributed by atoms with Crippen molar-refractivity contribution in [2.45, 2.75) is 46.1 Å². The number of benzene rings is 1. The number of hydrogen-bond donors (Lipinski definition) is 1. The molecule has 0 unspecified atom stereocenters. The fraction of sp³-hybridized carbons (Fsp3) is 0.533. The topological polar surface area (TPSA) is 69.6 Å². The van der Waals surface area contributed by atoms with Gasteiger partial charge in [-0.15, -0.1) is 5.10 Å². The zero-order valence-corrected chi connectivity index (χ0v) is 12.1. The molecule has 2 aromatic rings. The zero-order chi connectivity index (χ0) is 14.2. The Hall–Kier alpha value is -1.91. The lowest BCUT2D eigenvalue weighted by Crippen LogP contribution is -2.34. The van der Waals surface area contributed by atoms with Crippen molar-refractivity contribution in [3.8, 4) is 11.4 Å². The van der Waals surface area contributed by atoms with Crippen LogP contribution >= 0.6 is 0 Å². The van der Waals surface area contributed by atoms with Crippen LogP contribution in [0.2, 0.25) is 0 Å². The average molecular weight is 271 g/mol. The molecule has 0 aliphatic heterocycles. The van der Waals surface area contributed by atoms with Gasteiger partial charge in [0.25, 0.3) is 0 Å². The van der Waals surface area contributed by atoms with Gasteiger partial charge in [0.15, 0.2) is 5.82 Å². The summed E-state index contributed by atoms with van der Waals surface area (Å²) in [6, 6.07) is 5.87. The van der Waals surface area contributed by atoms with Crippen LogP contribution < -0.4 is 5.73 Å². The summed E-state index contributed by atoms with van der Waals surface area (Å²) in [6.45, 7) is 5.22. The summed E-state index contributed by atoms with van der Waals surface area (Å²) in [5, 5.41) is 12.3. The molecule has 1 aromatic carbocycles. The fourth-order valence-corrected chi connectivity index (χ4v) is 3.06. The monoisotopic (exact) mass is 271 g/mol. The van der Waals surface area contributed by atoms with E-state index in [-0.39, 0.29) is 0 Å². The molecule has 0 bridgehead atoms. The van der Waals surface area contributed by atoms with Crippen LogP contribution in [0.15, 0.2) is 18.2 Å². The molecule has 1 saturated carbocycles. The summed E-state index contributed by atoms with van der Waals surface area (Å²) >= 11 is 0. The Labute approximate surface area is 119 Å². The number of hydrogen-bond acceptors (Lipinski definition) is 4. The summed E-state index contributed by atoms with van der Waals surface area (Å²) in [4.78, 5) is 0. The van der Waals surface area contributed by atoms with Crippen LogP contribution in [0.1, 0.15) is 38.2 Å². The van der Waals surface area contributed by atoms with Gasteiger partial charge in [-0.2, -0.15) is 0 Å². The highest BCUT2D eigenvalue weighted by molar-refractivity contribution is 5.63. The largest absolute Gasteiger partial charge is 0.399 e. The van der Waals surface area contributed by atoms with Crippen LogP contribution in [0.5, 0.6) is 0 Å². The molecule has 5 nitrogen and oxygen atoms in total. The predicted molar refractivity (Wildman–Crippen MR) is 79.0 cm³/mol. The summed E-state index contributed by atoms with van der Waals surface area (Å²) in [5.74, 6) is 0.849. The second-order valence-corrected chi connectivity index (χ2v) is 5.94. The Kier molecular flexibility index (Phi) is 3.20. The first-order valence-corrected chi connectivity index (χ1v) is 7.26. The standard InChI is InChI=1S/C15H21N5/c1-3-15(7-4-8-15)10-20-14(17-18-19-20)13-6-5-12(16)9-11(13)2/h5-6,9H,3-4,7-8,10,16H2,1-2H3. The van der Waals surface area contributed by atoms with E-state index in [1.165, 1.54) is 25.7 Å². The molecule has 20 heavy (non-hydrogen) atoms. The molecule has 1 fully saturated rings. The number of aryl methyl sites for hydroxylation is 1. The number of rotatable bonds is 4. The molecule has 0 atom stereocenters. The van der Waals surface area contributed by atoms with Gasteiger partial charge in [-0.25, -0.2) is 4.68 Å². The first-order chi connectivity index (χ1) is 9.63. The zero-order valence-electron chi connectivity index (χ0n) is 12.1. The Morgan fingerprint density at radius 1 is 1.35 bits per heavy atom. The second kappa shape index (κ2) is 4.89. The van der Waals surface area contributed by atoms with E-state index in [0.29, 0.717) is 5.41 Å². The van der Waals surface area contributed by atoms with E-state index >= 15 is 0 Å². The molecule has 2 N–H and O–H groups in total. The molecule has 5 heteroatoms. The Morgan fingerprint density at radius 2 is 2.15 bits per heavy atom. The highest BCUT2D eigenvalue weighted by Gasteiger charge is 2.36. The van der Waals surface area contributed by atoms with E-state index in [2.05, 4.69) is 22.4 Å². The molecule has 3 rings (SSSR count). The lowest BCUT2D eigenvalue weighted by molar-refractivity contribution is 0.0948. The van der Waals surface area contributed by atoms with Crippen LogP contribution in [-0.4, -0.2) is 20.2 Å². The summed E-state index contributed by atoms with van der Waals surface area (Å²) in [7, 11) is 0. The lowest BCUT2D eigenvalue weighted by Gasteiger charge is -2.41. The predicted octanol–water partition coefficient (Wildman–Crippen LogP) is 2.81. The number of nitrogen functional groups attached to an aromatic ring is 1. The van der Waals surface area contributed by atoms with Crippen LogP contribution in [0.3, 0.4) is 0 Å². The number of nitrogens with zero attached hydrogens (tertiary/aromatic N) is 4. The van der Waals surface area contributed by atoms with Gasteiger partial charge in [0.2, 0.25) is 0 Å². The van der Waals surface area contributed by atoms with Gasteiger partial charge < -0.3 is 5.73 Å². The summed E-state index contributed by atoms with van der Waals surface area (Å²) < 4.78 is 1.96. The van der Waals surface area contributed by atoms with Gasteiger partial charge in [-0.05, 0) is 65.8 Å². The minimum Gasteiger partial charge on any atom is -0.399 e. The van der Waals surface area contributed by atoms with Crippen molar-refractivity contribution in [2.75, 3.05) is 5.73 Å². The van der Waals surface area contributed by atoms with Crippen LogP contribution in [0.4, 0.5) is 5.69 Å². The third kappa shape index (κ3) is 2.17. The molecule has 0 saturated heterocycles. The van der Waals surface area contributed by atoms with E-state index in [9.17, 15) is 0 Å². The Balaban J connectivity index is 1.93. The van der Waals surface area contributed by atoms with Gasteiger partial charge in [-0.1, -0.05) is 13.3 Å². The summed E-state index contributed by atoms with van der Waals surface area (Å²) in [5.41, 5.74) is 9.16. The minimum absolute atomic E-state index is 0.395. The van der Waals surface area contributed by atoms with E-state index in [1.807, 2.05) is 29.8 Å². The van der Waals surface area contributed by atoms with Gasteiger partial charge >= 0.3 is 0 Å². The number of aromatic nitrogens is 4. The first kappa shape index (κ1) is 13.1. The SMILES string of the molecule is CCC1(Cn2nnnc2-c2ccc(N)cc2C)CCC1. The number of nitrogens with two attached hydrogens (primary N) is 1. The van der Waals surface area contributed by atoms with E-state index in [4.69, 9.17) is 5.73 Å². The van der Waals surface area contributed by atoms with Crippen molar-refractivity contribution < 1.29 is 0 Å². The van der Waals surface area contributed by atoms with Crippen LogP contribution in [0, 0.1) is 12.3 Å². The van der Waals surface area contributed by atoms with Crippen molar-refractivity contribution in [1.29, 1.82) is 0 Å². The maximum atomic E-state index is 5.81. The third-order valence-corrected chi connectivity index (χ3v) is 4.67. The second-order valence-electron chi connectivity index (χ2n) is 5.94. The Bertz CT molecular complexity index is 607. The highest BCUT2D eigenvalue weighted by Crippen LogP contribution is 2.45. The third-order valence-electron chi connectivity index (χ3n) is 4.67. The molecule has 0 spiro atoms. The average Bonchev–Trinajstić information content (AvgIpc) is 2.82. The minimum atomic E-state index is 0.395. The molecule has 1 aliphatic rings.